The van der Waals surface area contributed by atoms with Crippen molar-refractivity contribution in [2.75, 3.05) is 30.3 Å². The van der Waals surface area contributed by atoms with Crippen molar-refractivity contribution in [3.05, 3.63) is 54.6 Å². The highest BCUT2D eigenvalue weighted by Crippen LogP contribution is 2.24. The Labute approximate surface area is 134 Å². The van der Waals surface area contributed by atoms with E-state index < -0.39 is 0 Å². The number of unbranched alkanes of at least 4 members (excludes halogenated alkanes) is 1. The molecule has 0 atom stereocenters. The molecule has 0 unspecified atom stereocenters. The van der Waals surface area contributed by atoms with Gasteiger partial charge in [-0.05, 0) is 56.6 Å². The van der Waals surface area contributed by atoms with E-state index in [2.05, 4.69) is 59.3 Å². The van der Waals surface area contributed by atoms with Crippen molar-refractivity contribution in [3.63, 3.8) is 0 Å². The summed E-state index contributed by atoms with van der Waals surface area (Å²) in [6.07, 6.45) is 3.59. The van der Waals surface area contributed by atoms with Crippen LogP contribution < -0.4 is 16.0 Å². The Hall–Kier alpha value is -2.00. The smallest absolute Gasteiger partial charge is 0.0620 e. The zero-order chi connectivity index (χ0) is 15.5. The van der Waals surface area contributed by atoms with Gasteiger partial charge in [0, 0.05) is 12.2 Å². The molecule has 0 radical (unpaired) electrons. The van der Waals surface area contributed by atoms with Crippen LogP contribution in [0.15, 0.2) is 54.6 Å². The first kappa shape index (κ1) is 16.4. The Kier molecular flexibility index (Phi) is 7.33. The summed E-state index contributed by atoms with van der Waals surface area (Å²) in [4.78, 5) is 0. The molecule has 0 fully saturated rings. The van der Waals surface area contributed by atoms with Crippen molar-refractivity contribution in [1.82, 2.24) is 5.32 Å². The Morgan fingerprint density at radius 3 is 2.18 bits per heavy atom. The molecule has 0 saturated carbocycles. The summed E-state index contributed by atoms with van der Waals surface area (Å²) in [6, 6.07) is 18.6. The van der Waals surface area contributed by atoms with Crippen LogP contribution in [0.4, 0.5) is 17.1 Å². The number of rotatable bonds is 10. The van der Waals surface area contributed by atoms with E-state index in [-0.39, 0.29) is 0 Å². The van der Waals surface area contributed by atoms with E-state index in [4.69, 9.17) is 0 Å². The summed E-state index contributed by atoms with van der Waals surface area (Å²) < 4.78 is 0. The molecule has 0 bridgehead atoms. The highest BCUT2D eigenvalue weighted by Gasteiger charge is 2.01. The van der Waals surface area contributed by atoms with Gasteiger partial charge in [0.15, 0.2) is 0 Å². The fraction of sp³-hybridized carbons (Fsp3) is 0.368. The SMILES string of the molecule is CCCNCCCCNc1ccccc1Nc1ccccc1. The summed E-state index contributed by atoms with van der Waals surface area (Å²) in [5.41, 5.74) is 3.39. The summed E-state index contributed by atoms with van der Waals surface area (Å²) in [5, 5.41) is 10.4. The maximum absolute atomic E-state index is 3.53. The van der Waals surface area contributed by atoms with Gasteiger partial charge in [-0.3, -0.25) is 0 Å². The number of nitrogens with one attached hydrogen (secondary N) is 3. The third-order valence-electron chi connectivity index (χ3n) is 3.50. The molecule has 0 heterocycles. The van der Waals surface area contributed by atoms with Crippen LogP contribution in [0.1, 0.15) is 26.2 Å². The van der Waals surface area contributed by atoms with Gasteiger partial charge in [-0.15, -0.1) is 0 Å². The topological polar surface area (TPSA) is 36.1 Å². The quantitative estimate of drug-likeness (QED) is 0.560. The zero-order valence-electron chi connectivity index (χ0n) is 13.4. The summed E-state index contributed by atoms with van der Waals surface area (Å²) in [6.45, 7) is 5.43. The van der Waals surface area contributed by atoms with Gasteiger partial charge < -0.3 is 16.0 Å². The maximum Gasteiger partial charge on any atom is 0.0620 e. The van der Waals surface area contributed by atoms with Crippen LogP contribution in [-0.2, 0) is 0 Å². The van der Waals surface area contributed by atoms with Crippen LogP contribution in [-0.4, -0.2) is 19.6 Å². The lowest BCUT2D eigenvalue weighted by atomic mass is 10.2. The fourth-order valence-electron chi connectivity index (χ4n) is 2.32. The molecule has 0 spiro atoms. The molecule has 2 aromatic carbocycles. The van der Waals surface area contributed by atoms with Crippen molar-refractivity contribution in [2.45, 2.75) is 26.2 Å². The van der Waals surface area contributed by atoms with Crippen LogP contribution in [0, 0.1) is 0 Å². The molecular weight excluding hydrogens is 270 g/mol. The van der Waals surface area contributed by atoms with Crippen molar-refractivity contribution >= 4 is 17.1 Å². The second-order valence-corrected chi connectivity index (χ2v) is 5.42. The Morgan fingerprint density at radius 1 is 0.727 bits per heavy atom. The standard InChI is InChI=1S/C19H27N3/c1-2-14-20-15-8-9-16-21-18-12-6-7-13-19(18)22-17-10-4-3-5-11-17/h3-7,10-13,20-22H,2,8-9,14-16H2,1H3. The predicted molar refractivity (Wildman–Crippen MR) is 97.1 cm³/mol. The predicted octanol–water partition coefficient (Wildman–Crippen LogP) is 4.62. The molecule has 0 aliphatic rings. The first-order chi connectivity index (χ1) is 10.9. The third kappa shape index (κ3) is 5.78. The van der Waals surface area contributed by atoms with Crippen LogP contribution in [0.3, 0.4) is 0 Å². The lowest BCUT2D eigenvalue weighted by molar-refractivity contribution is 0.626. The molecule has 0 aromatic heterocycles. The molecule has 2 rings (SSSR count). The molecule has 22 heavy (non-hydrogen) atoms. The number of benzene rings is 2. The Morgan fingerprint density at radius 2 is 1.41 bits per heavy atom. The molecule has 2 aromatic rings. The molecule has 0 saturated heterocycles. The highest BCUT2D eigenvalue weighted by atomic mass is 15.0. The molecule has 0 amide bonds. The third-order valence-corrected chi connectivity index (χ3v) is 3.50. The first-order valence-corrected chi connectivity index (χ1v) is 8.26. The first-order valence-electron chi connectivity index (χ1n) is 8.26. The van der Waals surface area contributed by atoms with Crippen molar-refractivity contribution in [2.24, 2.45) is 0 Å². The van der Waals surface area contributed by atoms with Gasteiger partial charge in [0.25, 0.3) is 0 Å². The van der Waals surface area contributed by atoms with Crippen molar-refractivity contribution < 1.29 is 0 Å². The summed E-state index contributed by atoms with van der Waals surface area (Å²) in [5.74, 6) is 0. The van der Waals surface area contributed by atoms with E-state index >= 15 is 0 Å². The minimum absolute atomic E-state index is 1.00. The summed E-state index contributed by atoms with van der Waals surface area (Å²) in [7, 11) is 0. The van der Waals surface area contributed by atoms with Gasteiger partial charge in [-0.1, -0.05) is 37.3 Å². The molecular formula is C19H27N3. The van der Waals surface area contributed by atoms with Gasteiger partial charge in [-0.2, -0.15) is 0 Å². The number of para-hydroxylation sites is 3. The minimum atomic E-state index is 1.00. The van der Waals surface area contributed by atoms with Crippen molar-refractivity contribution in [3.8, 4) is 0 Å². The number of anilines is 3. The second kappa shape index (κ2) is 9.85. The summed E-state index contributed by atoms with van der Waals surface area (Å²) >= 11 is 0. The van der Waals surface area contributed by atoms with Gasteiger partial charge in [0.05, 0.1) is 11.4 Å². The van der Waals surface area contributed by atoms with E-state index in [9.17, 15) is 0 Å². The molecule has 3 heteroatoms. The van der Waals surface area contributed by atoms with Crippen molar-refractivity contribution in [1.29, 1.82) is 0 Å². The molecule has 118 valence electrons. The average Bonchev–Trinajstić information content (AvgIpc) is 2.56. The van der Waals surface area contributed by atoms with Crippen LogP contribution >= 0.6 is 0 Å². The van der Waals surface area contributed by atoms with E-state index in [1.165, 1.54) is 19.3 Å². The number of hydrogen-bond acceptors (Lipinski definition) is 3. The van der Waals surface area contributed by atoms with Crippen LogP contribution in [0.25, 0.3) is 0 Å². The lowest BCUT2D eigenvalue weighted by Crippen LogP contribution is -2.16. The largest absolute Gasteiger partial charge is 0.383 e. The molecule has 3 nitrogen and oxygen atoms in total. The Balaban J connectivity index is 1.79. The fourth-order valence-corrected chi connectivity index (χ4v) is 2.32. The van der Waals surface area contributed by atoms with E-state index in [0.717, 1.165) is 36.7 Å². The monoisotopic (exact) mass is 297 g/mol. The Bertz CT molecular complexity index is 525. The lowest BCUT2D eigenvalue weighted by Gasteiger charge is -2.14. The van der Waals surface area contributed by atoms with Crippen LogP contribution in [0.2, 0.25) is 0 Å². The highest BCUT2D eigenvalue weighted by molar-refractivity contribution is 5.74. The molecule has 0 aliphatic carbocycles. The van der Waals surface area contributed by atoms with E-state index in [1.54, 1.807) is 0 Å². The van der Waals surface area contributed by atoms with Gasteiger partial charge >= 0.3 is 0 Å². The van der Waals surface area contributed by atoms with Gasteiger partial charge in [0.1, 0.15) is 0 Å². The van der Waals surface area contributed by atoms with Crippen LogP contribution in [0.5, 0.6) is 0 Å². The van der Waals surface area contributed by atoms with E-state index in [0.29, 0.717) is 0 Å². The second-order valence-electron chi connectivity index (χ2n) is 5.42. The normalized spacial score (nSPS) is 10.4. The molecule has 0 aliphatic heterocycles. The van der Waals surface area contributed by atoms with Gasteiger partial charge in [0.2, 0.25) is 0 Å². The average molecular weight is 297 g/mol. The minimum Gasteiger partial charge on any atom is -0.383 e. The maximum atomic E-state index is 3.53. The van der Waals surface area contributed by atoms with E-state index in [1.807, 2.05) is 18.2 Å². The van der Waals surface area contributed by atoms with Gasteiger partial charge in [-0.25, -0.2) is 0 Å². The molecule has 3 N–H and O–H groups in total. The number of hydrogen-bond donors (Lipinski definition) is 3. The zero-order valence-corrected chi connectivity index (χ0v) is 13.4.